The maximum absolute atomic E-state index is 4.42. The van der Waals surface area contributed by atoms with Crippen molar-refractivity contribution in [3.63, 3.8) is 0 Å². The van der Waals surface area contributed by atoms with Crippen LogP contribution in [0.1, 0.15) is 52.9 Å². The molecule has 0 bridgehead atoms. The first-order chi connectivity index (χ1) is 9.86. The molecule has 0 unspecified atom stereocenters. The molecule has 0 aliphatic carbocycles. The minimum absolute atomic E-state index is 0.0246. The van der Waals surface area contributed by atoms with E-state index >= 15 is 0 Å². The van der Waals surface area contributed by atoms with Crippen LogP contribution in [0.3, 0.4) is 0 Å². The number of hydrogen-bond acceptors (Lipinski definition) is 3. The van der Waals surface area contributed by atoms with Crippen LogP contribution in [0.2, 0.25) is 0 Å². The first-order valence-corrected chi connectivity index (χ1v) is 8.31. The highest BCUT2D eigenvalue weighted by atomic mass is 15.6. The van der Waals surface area contributed by atoms with Gasteiger partial charge in [-0.05, 0) is 30.7 Å². The van der Waals surface area contributed by atoms with Gasteiger partial charge in [-0.1, -0.05) is 20.8 Å². The molecule has 0 aromatic carbocycles. The van der Waals surface area contributed by atoms with Crippen molar-refractivity contribution in [1.29, 1.82) is 0 Å². The summed E-state index contributed by atoms with van der Waals surface area (Å²) in [5, 5.41) is 12.7. The second kappa shape index (κ2) is 6.40. The van der Waals surface area contributed by atoms with E-state index in [1.54, 1.807) is 9.80 Å². The van der Waals surface area contributed by atoms with Crippen molar-refractivity contribution >= 4 is 0 Å². The summed E-state index contributed by atoms with van der Waals surface area (Å²) < 4.78 is 2.07. The molecule has 1 saturated heterocycles. The molecule has 1 aliphatic rings. The van der Waals surface area contributed by atoms with E-state index in [0.717, 1.165) is 12.2 Å². The molecule has 0 amide bonds. The summed E-state index contributed by atoms with van der Waals surface area (Å²) in [6.07, 6.45) is 1.03. The summed E-state index contributed by atoms with van der Waals surface area (Å²) in [5.41, 5.74) is -0.0246. The van der Waals surface area contributed by atoms with Gasteiger partial charge in [0.15, 0.2) is 6.04 Å². The summed E-state index contributed by atoms with van der Waals surface area (Å²) >= 11 is 0. The lowest BCUT2D eigenvalue weighted by atomic mass is 9.97. The standard InChI is InChI=1S/C15H30N6/c1-7-15(4,5)21-14(16-17-18-21)13(12(2)3)20-10-8-19(6)9-11-20/h12-13H,7-11H2,1-6H3/p+2/t13-/m1/s1. The zero-order chi connectivity index (χ0) is 15.6. The Morgan fingerprint density at radius 1 is 1.19 bits per heavy atom. The van der Waals surface area contributed by atoms with Gasteiger partial charge in [-0.2, -0.15) is 0 Å². The van der Waals surface area contributed by atoms with Gasteiger partial charge in [0, 0.05) is 5.92 Å². The monoisotopic (exact) mass is 296 g/mol. The maximum Gasteiger partial charge on any atom is 0.210 e. The molecule has 1 atom stereocenters. The van der Waals surface area contributed by atoms with Crippen molar-refractivity contribution in [2.45, 2.75) is 52.6 Å². The van der Waals surface area contributed by atoms with Crippen molar-refractivity contribution in [3.8, 4) is 0 Å². The van der Waals surface area contributed by atoms with E-state index < -0.39 is 0 Å². The van der Waals surface area contributed by atoms with Gasteiger partial charge in [0.1, 0.15) is 26.2 Å². The van der Waals surface area contributed by atoms with Gasteiger partial charge in [-0.15, -0.1) is 5.10 Å². The Hall–Kier alpha value is -1.01. The number of rotatable bonds is 5. The van der Waals surface area contributed by atoms with Gasteiger partial charge in [0.2, 0.25) is 5.82 Å². The largest absolute Gasteiger partial charge is 0.328 e. The Morgan fingerprint density at radius 2 is 1.81 bits per heavy atom. The van der Waals surface area contributed by atoms with Gasteiger partial charge in [0.25, 0.3) is 0 Å². The summed E-state index contributed by atoms with van der Waals surface area (Å²) in [6.45, 7) is 16.1. The highest BCUT2D eigenvalue weighted by molar-refractivity contribution is 4.94. The topological polar surface area (TPSA) is 52.5 Å². The van der Waals surface area contributed by atoms with Gasteiger partial charge in [-0.25, -0.2) is 4.68 Å². The smallest absolute Gasteiger partial charge is 0.210 e. The molecule has 1 aromatic rings. The Morgan fingerprint density at radius 3 is 2.33 bits per heavy atom. The summed E-state index contributed by atoms with van der Waals surface area (Å²) in [4.78, 5) is 3.27. The van der Waals surface area contributed by atoms with Crippen LogP contribution >= 0.6 is 0 Å². The number of quaternary nitrogens is 2. The molecule has 0 saturated carbocycles. The lowest BCUT2D eigenvalue weighted by Gasteiger charge is -2.35. The molecule has 6 nitrogen and oxygen atoms in total. The molecular weight excluding hydrogens is 264 g/mol. The van der Waals surface area contributed by atoms with Crippen molar-refractivity contribution in [2.75, 3.05) is 33.2 Å². The summed E-state index contributed by atoms with van der Waals surface area (Å²) in [7, 11) is 2.28. The number of hydrogen-bond donors (Lipinski definition) is 2. The fourth-order valence-electron chi connectivity index (χ4n) is 3.23. The SMILES string of the molecule is CCC(C)(C)n1nnnc1[C@@H](C(C)C)[NH+]1CC[NH+](C)CC1. The van der Waals surface area contributed by atoms with Crippen molar-refractivity contribution < 1.29 is 9.80 Å². The van der Waals surface area contributed by atoms with Crippen LogP contribution in [-0.2, 0) is 5.54 Å². The van der Waals surface area contributed by atoms with Gasteiger partial charge < -0.3 is 9.80 Å². The maximum atomic E-state index is 4.42. The number of nitrogens with one attached hydrogen (secondary N) is 2. The van der Waals surface area contributed by atoms with Crippen molar-refractivity contribution in [2.24, 2.45) is 5.92 Å². The van der Waals surface area contributed by atoms with E-state index in [1.807, 2.05) is 0 Å². The van der Waals surface area contributed by atoms with Crippen molar-refractivity contribution in [3.05, 3.63) is 5.82 Å². The van der Waals surface area contributed by atoms with E-state index in [0.29, 0.717) is 12.0 Å². The highest BCUT2D eigenvalue weighted by Crippen LogP contribution is 2.24. The number of aromatic nitrogens is 4. The number of piperazine rings is 1. The zero-order valence-corrected chi connectivity index (χ0v) is 14.5. The lowest BCUT2D eigenvalue weighted by Crippen LogP contribution is -3.27. The fourth-order valence-corrected chi connectivity index (χ4v) is 3.23. The molecular formula is C15H32N6+2. The molecule has 120 valence electrons. The van der Waals surface area contributed by atoms with E-state index in [-0.39, 0.29) is 5.54 Å². The molecule has 1 aliphatic heterocycles. The predicted octanol–water partition coefficient (Wildman–Crippen LogP) is -1.07. The minimum Gasteiger partial charge on any atom is -0.328 e. The van der Waals surface area contributed by atoms with E-state index in [1.165, 1.54) is 26.2 Å². The first kappa shape index (κ1) is 16.4. The zero-order valence-electron chi connectivity index (χ0n) is 14.5. The Balaban J connectivity index is 2.30. The quantitative estimate of drug-likeness (QED) is 0.727. The third-order valence-electron chi connectivity index (χ3n) is 5.06. The fraction of sp³-hybridized carbons (Fsp3) is 0.933. The van der Waals surface area contributed by atoms with Gasteiger partial charge in [-0.3, -0.25) is 0 Å². The van der Waals surface area contributed by atoms with Crippen LogP contribution < -0.4 is 9.80 Å². The van der Waals surface area contributed by atoms with Gasteiger partial charge in [0.05, 0.1) is 12.6 Å². The molecule has 0 radical (unpaired) electrons. The molecule has 0 spiro atoms. The molecule has 2 rings (SSSR count). The Kier molecular flexibility index (Phi) is 4.99. The van der Waals surface area contributed by atoms with Crippen LogP contribution in [0.25, 0.3) is 0 Å². The molecule has 2 N–H and O–H groups in total. The highest BCUT2D eigenvalue weighted by Gasteiger charge is 2.37. The van der Waals surface area contributed by atoms with Crippen LogP contribution in [0.5, 0.6) is 0 Å². The van der Waals surface area contributed by atoms with Crippen molar-refractivity contribution in [1.82, 2.24) is 20.2 Å². The number of nitrogens with zero attached hydrogens (tertiary/aromatic N) is 4. The third-order valence-corrected chi connectivity index (χ3v) is 5.06. The lowest BCUT2D eigenvalue weighted by molar-refractivity contribution is -1.02. The van der Waals surface area contributed by atoms with E-state index in [2.05, 4.69) is 61.9 Å². The molecule has 1 aromatic heterocycles. The third kappa shape index (κ3) is 3.43. The molecule has 6 heteroatoms. The molecule has 1 fully saturated rings. The average molecular weight is 296 g/mol. The van der Waals surface area contributed by atoms with E-state index in [4.69, 9.17) is 0 Å². The summed E-state index contributed by atoms with van der Waals surface area (Å²) in [6, 6.07) is 0.388. The molecule has 2 heterocycles. The second-order valence-corrected chi connectivity index (χ2v) is 7.45. The van der Waals surface area contributed by atoms with Crippen LogP contribution in [-0.4, -0.2) is 53.4 Å². The molecule has 21 heavy (non-hydrogen) atoms. The predicted molar refractivity (Wildman–Crippen MR) is 82.3 cm³/mol. The number of tetrazole rings is 1. The van der Waals surface area contributed by atoms with Crippen LogP contribution in [0.4, 0.5) is 0 Å². The Labute approximate surface area is 128 Å². The average Bonchev–Trinajstić information content (AvgIpc) is 2.91. The van der Waals surface area contributed by atoms with Crippen LogP contribution in [0, 0.1) is 5.92 Å². The van der Waals surface area contributed by atoms with E-state index in [9.17, 15) is 0 Å². The number of likely N-dealkylation sites (N-methyl/N-ethyl adjacent to an activating group) is 1. The normalized spacial score (nSPS) is 25.3. The van der Waals surface area contributed by atoms with Gasteiger partial charge >= 0.3 is 0 Å². The van der Waals surface area contributed by atoms with Crippen LogP contribution in [0.15, 0.2) is 0 Å². The summed E-state index contributed by atoms with van der Waals surface area (Å²) in [5.74, 6) is 1.60. The second-order valence-electron chi connectivity index (χ2n) is 7.45. The first-order valence-electron chi connectivity index (χ1n) is 8.31. The Bertz CT molecular complexity index is 445. The minimum atomic E-state index is -0.0246.